The van der Waals surface area contributed by atoms with Crippen LogP contribution in [0.2, 0.25) is 5.02 Å². The normalized spacial score (nSPS) is 18.7. The predicted molar refractivity (Wildman–Crippen MR) is 103 cm³/mol. The second-order valence-corrected chi connectivity index (χ2v) is 7.37. The number of hydrogen-bond acceptors (Lipinski definition) is 3. The number of ether oxygens (including phenoxy) is 1. The fourth-order valence-electron chi connectivity index (χ4n) is 3.27. The van der Waals surface area contributed by atoms with E-state index in [0.717, 1.165) is 24.2 Å². The number of amides is 1. The fraction of sp³-hybridized carbons (Fsp3) is 0.350. The van der Waals surface area contributed by atoms with Crippen molar-refractivity contribution < 1.29 is 14.6 Å². The molecule has 1 unspecified atom stereocenters. The number of hydrogen-bond donors (Lipinski definition) is 2. The highest BCUT2D eigenvalue weighted by molar-refractivity contribution is 6.30. The van der Waals surface area contributed by atoms with Gasteiger partial charge in [0.05, 0.1) is 12.6 Å². The van der Waals surface area contributed by atoms with Crippen LogP contribution in [0.4, 0.5) is 16.2 Å². The first-order valence-electron chi connectivity index (χ1n) is 8.63. The van der Waals surface area contributed by atoms with E-state index in [1.807, 2.05) is 36.4 Å². The van der Waals surface area contributed by atoms with Crippen molar-refractivity contribution in [3.8, 4) is 0 Å². The van der Waals surface area contributed by atoms with Crippen LogP contribution in [0.25, 0.3) is 0 Å². The van der Waals surface area contributed by atoms with Gasteiger partial charge in [-0.05, 0) is 68.7 Å². The highest BCUT2D eigenvalue weighted by Gasteiger charge is 2.43. The van der Waals surface area contributed by atoms with E-state index >= 15 is 0 Å². The number of nitrogens with one attached hydrogen (secondary N) is 1. The predicted octanol–water partition coefficient (Wildman–Crippen LogP) is 5.13. The van der Waals surface area contributed by atoms with Gasteiger partial charge in [-0.25, -0.2) is 4.79 Å². The van der Waals surface area contributed by atoms with Gasteiger partial charge in [0.25, 0.3) is 0 Å². The largest absolute Gasteiger partial charge is 0.465 e. The molecule has 2 N–H and O–H groups in total. The molecule has 1 aliphatic rings. The molecule has 6 heteroatoms. The maximum Gasteiger partial charge on any atom is 0.409 e. The Morgan fingerprint density at radius 1 is 1.19 bits per heavy atom. The molecule has 2 aromatic rings. The van der Waals surface area contributed by atoms with Crippen molar-refractivity contribution in [2.75, 3.05) is 11.9 Å². The Kier molecular flexibility index (Phi) is 5.39. The summed E-state index contributed by atoms with van der Waals surface area (Å²) in [4.78, 5) is 12.9. The molecule has 1 amide bonds. The summed E-state index contributed by atoms with van der Waals surface area (Å²) < 4.78 is 5.63. The zero-order chi connectivity index (χ0) is 18.7. The monoisotopic (exact) mass is 374 g/mol. The van der Waals surface area contributed by atoms with Crippen LogP contribution in [-0.4, -0.2) is 34.5 Å². The molecule has 1 saturated heterocycles. The molecule has 0 bridgehead atoms. The summed E-state index contributed by atoms with van der Waals surface area (Å²) in [6.45, 7) is 4.02. The van der Waals surface area contributed by atoms with Crippen molar-refractivity contribution in [1.29, 1.82) is 0 Å². The van der Waals surface area contributed by atoms with Crippen LogP contribution in [0.5, 0.6) is 0 Å². The third-order valence-electron chi connectivity index (χ3n) is 4.63. The Bertz CT molecular complexity index is 760. The number of rotatable bonds is 5. The van der Waals surface area contributed by atoms with E-state index in [1.54, 1.807) is 13.8 Å². The lowest BCUT2D eigenvalue weighted by Gasteiger charge is -2.31. The Labute approximate surface area is 158 Å². The lowest BCUT2D eigenvalue weighted by atomic mass is 10.0. The molecule has 0 spiro atoms. The van der Waals surface area contributed by atoms with Gasteiger partial charge in [0.2, 0.25) is 0 Å². The summed E-state index contributed by atoms with van der Waals surface area (Å²) >= 11 is 5.89. The van der Waals surface area contributed by atoms with Gasteiger partial charge in [0.1, 0.15) is 5.72 Å². The zero-order valence-corrected chi connectivity index (χ0v) is 15.7. The lowest BCUT2D eigenvalue weighted by molar-refractivity contribution is -0.0421. The highest BCUT2D eigenvalue weighted by Crippen LogP contribution is 2.29. The first-order chi connectivity index (χ1) is 12.3. The second-order valence-electron chi connectivity index (χ2n) is 6.93. The lowest BCUT2D eigenvalue weighted by Crippen LogP contribution is -2.47. The van der Waals surface area contributed by atoms with Crippen LogP contribution >= 0.6 is 11.6 Å². The number of aryl methyl sites for hydroxylation is 1. The van der Waals surface area contributed by atoms with Crippen LogP contribution in [0, 0.1) is 0 Å². The molecule has 5 nitrogen and oxygen atoms in total. The van der Waals surface area contributed by atoms with Crippen LogP contribution < -0.4 is 5.32 Å². The molecule has 0 radical (unpaired) electrons. The number of anilines is 2. The molecule has 1 heterocycles. The second kappa shape index (κ2) is 7.56. The van der Waals surface area contributed by atoms with Gasteiger partial charge in [0.15, 0.2) is 0 Å². The summed E-state index contributed by atoms with van der Waals surface area (Å²) in [5.74, 6) is 0. The van der Waals surface area contributed by atoms with Crippen LogP contribution in [0.15, 0.2) is 48.5 Å². The maximum absolute atomic E-state index is 11.5. The zero-order valence-electron chi connectivity index (χ0n) is 14.9. The number of benzene rings is 2. The Hall–Kier alpha value is -2.24. The first kappa shape index (κ1) is 18.5. The maximum atomic E-state index is 11.5. The summed E-state index contributed by atoms with van der Waals surface area (Å²) in [7, 11) is 0. The summed E-state index contributed by atoms with van der Waals surface area (Å²) in [6, 6.07) is 15.6. The number of nitrogens with zero attached hydrogens (tertiary/aromatic N) is 1. The third kappa shape index (κ3) is 4.29. The summed E-state index contributed by atoms with van der Waals surface area (Å²) in [5, 5.41) is 13.5. The molecule has 2 aromatic carbocycles. The van der Waals surface area contributed by atoms with E-state index in [2.05, 4.69) is 17.4 Å². The van der Waals surface area contributed by atoms with Gasteiger partial charge in [-0.3, -0.25) is 4.90 Å². The minimum Gasteiger partial charge on any atom is -0.465 e. The van der Waals surface area contributed by atoms with Crippen molar-refractivity contribution in [2.24, 2.45) is 0 Å². The summed E-state index contributed by atoms with van der Waals surface area (Å²) in [5.41, 5.74) is 2.38. The van der Waals surface area contributed by atoms with Gasteiger partial charge in [0, 0.05) is 16.4 Å². The SMILES string of the molecule is CC1(C)OCC(CCc2ccc(Nc3ccc(Cl)cc3)cc2)N1C(=O)O. The smallest absolute Gasteiger partial charge is 0.409 e. The van der Waals surface area contributed by atoms with E-state index in [-0.39, 0.29) is 6.04 Å². The molecule has 0 aliphatic carbocycles. The summed E-state index contributed by atoms with van der Waals surface area (Å²) in [6.07, 6.45) is 0.606. The van der Waals surface area contributed by atoms with Gasteiger partial charge < -0.3 is 15.2 Å². The average Bonchev–Trinajstić information content (AvgIpc) is 2.91. The Morgan fingerprint density at radius 2 is 1.77 bits per heavy atom. The van der Waals surface area contributed by atoms with E-state index in [1.165, 1.54) is 10.5 Å². The van der Waals surface area contributed by atoms with E-state index in [4.69, 9.17) is 16.3 Å². The minimum absolute atomic E-state index is 0.116. The van der Waals surface area contributed by atoms with Crippen molar-refractivity contribution in [3.05, 3.63) is 59.1 Å². The van der Waals surface area contributed by atoms with E-state index in [0.29, 0.717) is 11.6 Å². The Morgan fingerprint density at radius 3 is 2.35 bits per heavy atom. The molecular formula is C20H23ClN2O3. The van der Waals surface area contributed by atoms with Crippen molar-refractivity contribution in [1.82, 2.24) is 4.90 Å². The van der Waals surface area contributed by atoms with Gasteiger partial charge in [-0.15, -0.1) is 0 Å². The molecule has 26 heavy (non-hydrogen) atoms. The molecule has 0 aromatic heterocycles. The van der Waals surface area contributed by atoms with Gasteiger partial charge in [-0.1, -0.05) is 23.7 Å². The van der Waals surface area contributed by atoms with Crippen molar-refractivity contribution in [3.63, 3.8) is 0 Å². The van der Waals surface area contributed by atoms with Crippen molar-refractivity contribution in [2.45, 2.75) is 38.5 Å². The van der Waals surface area contributed by atoms with Gasteiger partial charge in [-0.2, -0.15) is 0 Å². The van der Waals surface area contributed by atoms with Crippen LogP contribution in [0.1, 0.15) is 25.8 Å². The standard InChI is InChI=1S/C20H23ClN2O3/c1-20(2)23(19(24)25)18(13-26-20)12-5-14-3-8-16(9-4-14)22-17-10-6-15(21)7-11-17/h3-4,6-11,18,22H,5,12-13H2,1-2H3,(H,24,25). The number of carbonyl (C=O) groups is 1. The van der Waals surface area contributed by atoms with Crippen molar-refractivity contribution >= 4 is 29.1 Å². The first-order valence-corrected chi connectivity index (χ1v) is 9.01. The molecule has 0 saturated carbocycles. The molecular weight excluding hydrogens is 352 g/mol. The van der Waals surface area contributed by atoms with E-state index in [9.17, 15) is 9.90 Å². The third-order valence-corrected chi connectivity index (χ3v) is 4.89. The van der Waals surface area contributed by atoms with Crippen LogP contribution in [0.3, 0.4) is 0 Å². The highest BCUT2D eigenvalue weighted by atomic mass is 35.5. The quantitative estimate of drug-likeness (QED) is 0.761. The molecule has 1 fully saturated rings. The number of carboxylic acid groups (broad SMARTS) is 1. The fourth-order valence-corrected chi connectivity index (χ4v) is 3.40. The molecule has 138 valence electrons. The van der Waals surface area contributed by atoms with Crippen LogP contribution in [-0.2, 0) is 11.2 Å². The molecule has 1 aliphatic heterocycles. The Balaban J connectivity index is 1.58. The number of halogens is 1. The topological polar surface area (TPSA) is 61.8 Å². The van der Waals surface area contributed by atoms with Gasteiger partial charge >= 0.3 is 6.09 Å². The molecule has 3 rings (SSSR count). The van der Waals surface area contributed by atoms with E-state index < -0.39 is 11.8 Å². The minimum atomic E-state index is -0.931. The average molecular weight is 375 g/mol. The molecule has 1 atom stereocenters.